The van der Waals surface area contributed by atoms with E-state index in [1.54, 1.807) is 26.0 Å². The molecule has 1 heterocycles. The van der Waals surface area contributed by atoms with Crippen LogP contribution in [0.5, 0.6) is 0 Å². The van der Waals surface area contributed by atoms with E-state index in [4.69, 9.17) is 4.98 Å². The third-order valence-corrected chi connectivity index (χ3v) is 11.6. The molecule has 0 saturated heterocycles. The van der Waals surface area contributed by atoms with Crippen LogP contribution in [0, 0.1) is 13.8 Å². The van der Waals surface area contributed by atoms with Gasteiger partial charge in [-0.3, -0.25) is 9.11 Å². The SMILES string of the molecule is CCN(CC)c1ccc(N=Nc2ccc(S(=O)(=O)O)cc2C)c(Nc2nc(Nc3cc(N(CC)CC)ccc3N=Nc3ccc(S(=O)(=O)O)cc3C)nc(SCCO)n2)c1. The van der Waals surface area contributed by atoms with Crippen molar-refractivity contribution in [3.05, 3.63) is 83.9 Å². The molecule has 0 atom stereocenters. The summed E-state index contributed by atoms with van der Waals surface area (Å²) in [5.74, 6) is 0.599. The van der Waals surface area contributed by atoms with Gasteiger partial charge in [0.25, 0.3) is 20.2 Å². The zero-order valence-corrected chi connectivity index (χ0v) is 36.3. The molecule has 0 saturated carbocycles. The van der Waals surface area contributed by atoms with Crippen LogP contribution >= 0.6 is 11.8 Å². The Morgan fingerprint density at radius 2 is 0.967 bits per heavy atom. The maximum Gasteiger partial charge on any atom is 0.294 e. The molecule has 60 heavy (non-hydrogen) atoms. The van der Waals surface area contributed by atoms with Gasteiger partial charge in [-0.1, -0.05) is 11.8 Å². The Hall–Kier alpha value is -5.58. The van der Waals surface area contributed by atoms with Crippen molar-refractivity contribution in [2.45, 2.75) is 56.5 Å². The molecule has 0 aliphatic heterocycles. The number of azo groups is 2. The van der Waals surface area contributed by atoms with E-state index in [0.29, 0.717) is 56.2 Å². The molecular formula is C39H47N11O7S3. The second-order valence-electron chi connectivity index (χ2n) is 13.1. The number of nitrogens with zero attached hydrogens (tertiary/aromatic N) is 9. The van der Waals surface area contributed by atoms with Gasteiger partial charge in [-0.15, -0.1) is 10.2 Å². The molecule has 18 nitrogen and oxygen atoms in total. The first-order chi connectivity index (χ1) is 28.6. The average molecular weight is 878 g/mol. The van der Waals surface area contributed by atoms with Gasteiger partial charge in [0, 0.05) is 43.3 Å². The number of anilines is 6. The predicted octanol–water partition coefficient (Wildman–Crippen LogP) is 9.08. The topological polar surface area (TPSA) is 248 Å². The number of thioether (sulfide) groups is 1. The molecule has 0 aliphatic carbocycles. The van der Waals surface area contributed by atoms with E-state index in [1.807, 2.05) is 52.0 Å². The van der Waals surface area contributed by atoms with Crippen molar-refractivity contribution >= 4 is 89.4 Å². The highest BCUT2D eigenvalue weighted by Gasteiger charge is 2.17. The fourth-order valence-corrected chi connectivity index (χ4v) is 7.63. The van der Waals surface area contributed by atoms with Crippen molar-refractivity contribution in [1.82, 2.24) is 15.0 Å². The molecule has 0 bridgehead atoms. The van der Waals surface area contributed by atoms with Crippen LogP contribution in [-0.4, -0.2) is 84.5 Å². The molecule has 5 N–H and O–H groups in total. The van der Waals surface area contributed by atoms with Crippen LogP contribution in [-0.2, 0) is 20.2 Å². The van der Waals surface area contributed by atoms with Crippen molar-refractivity contribution in [3.8, 4) is 0 Å². The van der Waals surface area contributed by atoms with Gasteiger partial charge in [-0.2, -0.15) is 42.0 Å². The highest BCUT2D eigenvalue weighted by atomic mass is 32.2. The number of hydrogen-bond donors (Lipinski definition) is 5. The van der Waals surface area contributed by atoms with Crippen LogP contribution in [0.3, 0.4) is 0 Å². The molecule has 0 radical (unpaired) electrons. The van der Waals surface area contributed by atoms with Crippen LogP contribution in [0.15, 0.2) is 108 Å². The van der Waals surface area contributed by atoms with Crippen LogP contribution in [0.4, 0.5) is 57.4 Å². The zero-order valence-electron chi connectivity index (χ0n) is 33.9. The van der Waals surface area contributed by atoms with Gasteiger partial charge in [-0.05, 0) is 125 Å². The summed E-state index contributed by atoms with van der Waals surface area (Å²) in [5.41, 5.74) is 5.36. The van der Waals surface area contributed by atoms with Crippen molar-refractivity contribution in [3.63, 3.8) is 0 Å². The van der Waals surface area contributed by atoms with Crippen LogP contribution < -0.4 is 20.4 Å². The number of aromatic nitrogens is 3. The van der Waals surface area contributed by atoms with Crippen molar-refractivity contribution in [2.75, 3.05) is 59.0 Å². The molecule has 21 heteroatoms. The average Bonchev–Trinajstić information content (AvgIpc) is 3.20. The summed E-state index contributed by atoms with van der Waals surface area (Å²) in [6.07, 6.45) is 0. The predicted molar refractivity (Wildman–Crippen MR) is 235 cm³/mol. The van der Waals surface area contributed by atoms with Gasteiger partial charge in [0.05, 0.1) is 39.1 Å². The van der Waals surface area contributed by atoms with Crippen LogP contribution in [0.1, 0.15) is 38.8 Å². The number of rotatable bonds is 19. The van der Waals surface area contributed by atoms with Gasteiger partial charge in [0.15, 0.2) is 5.16 Å². The van der Waals surface area contributed by atoms with E-state index < -0.39 is 20.2 Å². The molecule has 4 aromatic carbocycles. The molecule has 0 aliphatic rings. The number of nitrogens with one attached hydrogen (secondary N) is 2. The van der Waals surface area contributed by atoms with E-state index in [1.165, 1.54) is 48.2 Å². The lowest BCUT2D eigenvalue weighted by Gasteiger charge is -2.22. The third-order valence-electron chi connectivity index (χ3n) is 9.11. The molecule has 5 aromatic rings. The molecule has 0 unspecified atom stereocenters. The number of aliphatic hydroxyl groups excluding tert-OH is 1. The second kappa shape index (κ2) is 20.1. The molecule has 1 aromatic heterocycles. The fourth-order valence-electron chi connectivity index (χ4n) is 5.92. The number of benzene rings is 4. The normalized spacial score (nSPS) is 12.0. The summed E-state index contributed by atoms with van der Waals surface area (Å²) >= 11 is 1.22. The summed E-state index contributed by atoms with van der Waals surface area (Å²) in [7, 11) is -8.79. The van der Waals surface area contributed by atoms with Gasteiger partial charge < -0.3 is 25.5 Å². The number of aryl methyl sites for hydroxylation is 2. The molecular weight excluding hydrogens is 831 g/mol. The van der Waals surface area contributed by atoms with E-state index in [2.05, 4.69) is 50.9 Å². The summed E-state index contributed by atoms with van der Waals surface area (Å²) in [5, 5.41) is 34.3. The summed E-state index contributed by atoms with van der Waals surface area (Å²) in [6, 6.07) is 19.2. The fraction of sp³-hybridized carbons (Fsp3) is 0.308. The summed E-state index contributed by atoms with van der Waals surface area (Å²) < 4.78 is 65.7. The lowest BCUT2D eigenvalue weighted by Crippen LogP contribution is -2.21. The monoisotopic (exact) mass is 877 g/mol. The molecule has 318 valence electrons. The molecule has 0 fully saturated rings. The zero-order chi connectivity index (χ0) is 43.6. The molecule has 5 rings (SSSR count). The Morgan fingerprint density at radius 1 is 0.583 bits per heavy atom. The van der Waals surface area contributed by atoms with E-state index in [-0.39, 0.29) is 28.3 Å². The van der Waals surface area contributed by atoms with Gasteiger partial charge >= 0.3 is 0 Å². The lowest BCUT2D eigenvalue weighted by atomic mass is 10.2. The van der Waals surface area contributed by atoms with Gasteiger partial charge in [0.1, 0.15) is 11.4 Å². The van der Waals surface area contributed by atoms with Gasteiger partial charge in [-0.25, -0.2) is 0 Å². The maximum atomic E-state index is 11.7. The van der Waals surface area contributed by atoms with Crippen molar-refractivity contribution in [1.29, 1.82) is 0 Å². The summed E-state index contributed by atoms with van der Waals surface area (Å²) in [4.78, 5) is 17.8. The maximum absolute atomic E-state index is 11.7. The molecule has 0 spiro atoms. The standard InChI is InChI=1S/C39H47N11O7S3/c1-7-49(8-2)27-11-15-33(47-45-31-17-13-29(21-25(31)5)59(52,53)54)35(23-27)40-37-42-38(44-39(43-37)58-20-19-51)41-36-24-28(50(9-3)10-4)12-16-34(36)48-46-32-18-14-30(22-26(32)6)60(55,56)57/h11-18,21-24,51H,7-10,19-20H2,1-6H3,(H,52,53,54)(H,55,56,57)(H2,40,41,42,43,44). The number of aliphatic hydroxyl groups is 1. The summed E-state index contributed by atoms with van der Waals surface area (Å²) in [6.45, 7) is 14.3. The Balaban J connectivity index is 1.57. The Kier molecular flexibility index (Phi) is 15.3. The largest absolute Gasteiger partial charge is 0.396 e. The Labute approximate surface area is 353 Å². The first kappa shape index (κ1) is 45.5. The highest BCUT2D eigenvalue weighted by Crippen LogP contribution is 2.37. The first-order valence-corrected chi connectivity index (χ1v) is 22.7. The first-order valence-electron chi connectivity index (χ1n) is 18.9. The van der Waals surface area contributed by atoms with Gasteiger partial charge in [0.2, 0.25) is 11.9 Å². The number of hydrogen-bond acceptors (Lipinski definition) is 17. The lowest BCUT2D eigenvalue weighted by molar-refractivity contribution is 0.322. The smallest absolute Gasteiger partial charge is 0.294 e. The quantitative estimate of drug-likeness (QED) is 0.0295. The van der Waals surface area contributed by atoms with E-state index in [0.717, 1.165) is 37.6 Å². The minimum Gasteiger partial charge on any atom is -0.396 e. The van der Waals surface area contributed by atoms with Crippen molar-refractivity contribution < 1.29 is 31.0 Å². The van der Waals surface area contributed by atoms with E-state index in [9.17, 15) is 31.0 Å². The van der Waals surface area contributed by atoms with Crippen LogP contribution in [0.25, 0.3) is 0 Å². The second-order valence-corrected chi connectivity index (χ2v) is 17.0. The Bertz CT molecular complexity index is 2430. The Morgan fingerprint density at radius 3 is 1.32 bits per heavy atom. The molecule has 0 amide bonds. The highest BCUT2D eigenvalue weighted by molar-refractivity contribution is 7.99. The van der Waals surface area contributed by atoms with E-state index >= 15 is 0 Å². The minimum atomic E-state index is -4.40. The van der Waals surface area contributed by atoms with Crippen LogP contribution in [0.2, 0.25) is 0 Å². The minimum absolute atomic E-state index is 0.121. The third kappa shape index (κ3) is 11.8. The van der Waals surface area contributed by atoms with Crippen molar-refractivity contribution in [2.24, 2.45) is 20.5 Å².